The van der Waals surface area contributed by atoms with Crippen molar-refractivity contribution >= 4 is 41.4 Å². The predicted octanol–water partition coefficient (Wildman–Crippen LogP) is 11.6. The van der Waals surface area contributed by atoms with E-state index in [0.717, 1.165) is 35.1 Å². The third kappa shape index (κ3) is 13.8. The zero-order valence-electron chi connectivity index (χ0n) is 36.4. The highest BCUT2D eigenvalue weighted by Crippen LogP contribution is 2.32. The number of benzene rings is 4. The third-order valence-corrected chi connectivity index (χ3v) is 10.2. The lowest BCUT2D eigenvalue weighted by Crippen LogP contribution is -2.20. The van der Waals surface area contributed by atoms with Gasteiger partial charge in [0.15, 0.2) is 23.3 Å². The molecule has 0 aliphatic carbocycles. The minimum Gasteiger partial charge on any atom is -0.467 e. The first-order chi connectivity index (χ1) is 28.6. The molecule has 0 fully saturated rings. The summed E-state index contributed by atoms with van der Waals surface area (Å²) in [5, 5.41) is 1.09. The van der Waals surface area contributed by atoms with E-state index < -0.39 is 0 Å². The molecule has 2 heterocycles. The minimum atomic E-state index is -0.351. The van der Waals surface area contributed by atoms with Crippen molar-refractivity contribution in [1.29, 1.82) is 0 Å². The fraction of sp³-hybridized carbons (Fsp3) is 0.354. The van der Waals surface area contributed by atoms with Gasteiger partial charge < -0.3 is 15.2 Å². The molecule has 0 atom stereocenters. The molecule has 0 unspecified atom stereocenters. The molecular formula is C48H56Cl3N7O3. The van der Waals surface area contributed by atoms with Gasteiger partial charge in [-0.05, 0) is 77.6 Å². The topological polar surface area (TPSA) is 139 Å². The Labute approximate surface area is 376 Å². The number of carbonyl (C=O) groups is 1. The maximum Gasteiger partial charge on any atom is 0.320 e. The van der Waals surface area contributed by atoms with E-state index in [-0.39, 0.29) is 35.6 Å². The quantitative estimate of drug-likeness (QED) is 0.112. The van der Waals surface area contributed by atoms with Crippen LogP contribution >= 0.6 is 35.6 Å². The largest absolute Gasteiger partial charge is 0.467 e. The van der Waals surface area contributed by atoms with E-state index in [1.54, 1.807) is 6.07 Å². The second kappa shape index (κ2) is 22.2. The van der Waals surface area contributed by atoms with Crippen LogP contribution in [-0.2, 0) is 30.6 Å². The molecule has 0 saturated carbocycles. The highest BCUT2D eigenvalue weighted by molar-refractivity contribution is 6.33. The Balaban J connectivity index is 0.000000269. The smallest absolute Gasteiger partial charge is 0.320 e. The molecule has 10 nitrogen and oxygen atoms in total. The van der Waals surface area contributed by atoms with Crippen LogP contribution in [0.4, 0.5) is 0 Å². The lowest BCUT2D eigenvalue weighted by atomic mass is 9.87. The van der Waals surface area contributed by atoms with E-state index in [9.17, 15) is 4.79 Å². The number of ketones is 1. The molecule has 0 saturated heterocycles. The van der Waals surface area contributed by atoms with E-state index >= 15 is 0 Å². The van der Waals surface area contributed by atoms with Gasteiger partial charge >= 0.3 is 12.0 Å². The summed E-state index contributed by atoms with van der Waals surface area (Å²) in [6, 6.07) is 28.3. The molecule has 0 spiro atoms. The monoisotopic (exact) mass is 883 g/mol. The molecule has 2 aromatic heterocycles. The van der Waals surface area contributed by atoms with Crippen molar-refractivity contribution in [2.24, 2.45) is 23.0 Å². The Kier molecular flexibility index (Phi) is 17.7. The maximum absolute atomic E-state index is 12.4. The fourth-order valence-electron chi connectivity index (χ4n) is 6.32. The summed E-state index contributed by atoms with van der Waals surface area (Å²) >= 11 is 12.9. The average molecular weight is 885 g/mol. The number of rotatable bonds is 14. The zero-order valence-corrected chi connectivity index (χ0v) is 38.8. The van der Waals surface area contributed by atoms with Crippen LogP contribution in [0.2, 0.25) is 10.0 Å². The summed E-state index contributed by atoms with van der Waals surface area (Å²) in [6.45, 7) is 15.1. The number of aryl methyl sites for hydroxylation is 1. The standard InChI is InChI=1S/C27H32ClN3O2.C21H23ClN4O.ClH/c1-17(2)15-18-7-11-20(12-8-18)24-29-25(31-26(30-24)33-6)21-16-19(9-13-22(21)28)10-14-23(32)27(3,4)5;1-13(2)10-14-4-7-16(8-5-14)19-24-20(26-21(25-19)27-3)17-11-15(12-23)6-9-18(17)22;/h7-9,11-13,16-17H,10,14-15H2,1-6H3;4-9,11,13H,10,12,23H2,1-3H3;1H. The Morgan fingerprint density at radius 3 is 1.34 bits per heavy atom. The molecule has 61 heavy (non-hydrogen) atoms. The molecule has 6 rings (SSSR count). The normalized spacial score (nSPS) is 11.2. The second-order valence-electron chi connectivity index (χ2n) is 16.5. The number of aromatic nitrogens is 6. The van der Waals surface area contributed by atoms with Crippen LogP contribution in [0.3, 0.4) is 0 Å². The summed E-state index contributed by atoms with van der Waals surface area (Å²) < 4.78 is 10.6. The van der Waals surface area contributed by atoms with E-state index in [2.05, 4.69) is 76.9 Å². The number of nitrogens with zero attached hydrogens (tertiary/aromatic N) is 6. The van der Waals surface area contributed by atoms with Crippen molar-refractivity contribution in [1.82, 2.24) is 29.9 Å². The second-order valence-corrected chi connectivity index (χ2v) is 17.3. The van der Waals surface area contributed by atoms with Crippen LogP contribution in [0, 0.1) is 17.3 Å². The van der Waals surface area contributed by atoms with Crippen LogP contribution in [0.5, 0.6) is 12.0 Å². The Hall–Kier alpha value is -5.00. The van der Waals surface area contributed by atoms with Gasteiger partial charge in [0.05, 0.1) is 24.3 Å². The van der Waals surface area contributed by atoms with Gasteiger partial charge in [0.25, 0.3) is 0 Å². The number of hydrogen-bond donors (Lipinski definition) is 1. The molecular weight excluding hydrogens is 829 g/mol. The predicted molar refractivity (Wildman–Crippen MR) is 250 cm³/mol. The summed E-state index contributed by atoms with van der Waals surface area (Å²) in [5.74, 6) is 3.40. The molecule has 4 aromatic carbocycles. The van der Waals surface area contributed by atoms with Crippen molar-refractivity contribution in [3.8, 4) is 57.6 Å². The maximum atomic E-state index is 12.4. The van der Waals surface area contributed by atoms with E-state index in [1.807, 2.05) is 75.4 Å². The molecule has 6 aromatic rings. The Morgan fingerprint density at radius 2 is 0.967 bits per heavy atom. The van der Waals surface area contributed by atoms with Gasteiger partial charge in [-0.2, -0.15) is 19.9 Å². The van der Waals surface area contributed by atoms with Crippen LogP contribution in [0.25, 0.3) is 45.6 Å². The number of methoxy groups -OCH3 is 2. The molecule has 2 N–H and O–H groups in total. The highest BCUT2D eigenvalue weighted by atomic mass is 35.5. The number of hydrogen-bond acceptors (Lipinski definition) is 10. The third-order valence-electron chi connectivity index (χ3n) is 9.56. The number of carbonyl (C=O) groups excluding carboxylic acids is 1. The van der Waals surface area contributed by atoms with Crippen LogP contribution < -0.4 is 15.2 Å². The first-order valence-corrected chi connectivity index (χ1v) is 20.9. The molecule has 0 aliphatic rings. The van der Waals surface area contributed by atoms with E-state index in [1.165, 1.54) is 25.3 Å². The van der Waals surface area contributed by atoms with Gasteiger partial charge in [-0.3, -0.25) is 4.79 Å². The summed E-state index contributed by atoms with van der Waals surface area (Å²) in [4.78, 5) is 39.3. The van der Waals surface area contributed by atoms with Crippen LogP contribution in [-0.4, -0.2) is 49.9 Å². The lowest BCUT2D eigenvalue weighted by molar-refractivity contribution is -0.126. The van der Waals surface area contributed by atoms with Gasteiger partial charge in [0, 0.05) is 40.6 Å². The zero-order chi connectivity index (χ0) is 43.6. The van der Waals surface area contributed by atoms with Crippen LogP contribution in [0.1, 0.15) is 77.1 Å². The number of halogens is 3. The molecule has 0 radical (unpaired) electrons. The average Bonchev–Trinajstić information content (AvgIpc) is 3.23. The number of nitrogens with two attached hydrogens (primary N) is 1. The Bertz CT molecular complexity index is 2380. The van der Waals surface area contributed by atoms with Gasteiger partial charge in [-0.1, -0.05) is 132 Å². The van der Waals surface area contributed by atoms with Crippen molar-refractivity contribution in [3.05, 3.63) is 117 Å². The first kappa shape index (κ1) is 48.7. The van der Waals surface area contributed by atoms with Gasteiger partial charge in [0.1, 0.15) is 5.78 Å². The summed E-state index contributed by atoms with van der Waals surface area (Å²) in [6.07, 6.45) is 3.16. The molecule has 322 valence electrons. The first-order valence-electron chi connectivity index (χ1n) is 20.2. The summed E-state index contributed by atoms with van der Waals surface area (Å²) in [5.41, 5.74) is 13.1. The van der Waals surface area contributed by atoms with Crippen molar-refractivity contribution < 1.29 is 14.3 Å². The van der Waals surface area contributed by atoms with Gasteiger partial charge in [-0.25, -0.2) is 9.97 Å². The van der Waals surface area contributed by atoms with E-state index in [4.69, 9.17) is 43.4 Å². The number of ether oxygens (including phenoxy) is 2. The lowest BCUT2D eigenvalue weighted by Gasteiger charge is -2.16. The Morgan fingerprint density at radius 1 is 0.590 bits per heavy atom. The van der Waals surface area contributed by atoms with Crippen molar-refractivity contribution in [3.63, 3.8) is 0 Å². The van der Waals surface area contributed by atoms with Gasteiger partial charge in [-0.15, -0.1) is 12.4 Å². The molecule has 0 amide bonds. The fourth-order valence-corrected chi connectivity index (χ4v) is 6.72. The highest BCUT2D eigenvalue weighted by Gasteiger charge is 2.21. The van der Waals surface area contributed by atoms with Gasteiger partial charge in [0.2, 0.25) is 0 Å². The van der Waals surface area contributed by atoms with Crippen molar-refractivity contribution in [2.45, 2.75) is 80.7 Å². The van der Waals surface area contributed by atoms with E-state index in [0.29, 0.717) is 75.7 Å². The SMILES string of the molecule is COc1nc(-c2ccc(CC(C)C)cc2)nc(-c2cc(CCC(=O)C(C)(C)C)ccc2Cl)n1.COc1nc(-c2ccc(CC(C)C)cc2)nc(-c2cc(CN)ccc2Cl)n1.Cl. The minimum absolute atomic E-state index is 0. The number of Topliss-reactive ketones (excluding diaryl/α,β-unsaturated/α-hetero) is 1. The van der Waals surface area contributed by atoms with Crippen molar-refractivity contribution in [2.75, 3.05) is 14.2 Å². The van der Waals surface area contributed by atoms with Crippen LogP contribution in [0.15, 0.2) is 84.9 Å². The molecule has 0 bridgehead atoms. The summed E-state index contributed by atoms with van der Waals surface area (Å²) in [7, 11) is 3.07. The molecule has 0 aliphatic heterocycles. The molecule has 13 heteroatoms.